The molecular formula is C17H22N4O4. The zero-order valence-corrected chi connectivity index (χ0v) is 14.5. The minimum atomic E-state index is -1.05. The van der Waals surface area contributed by atoms with E-state index < -0.39 is 11.4 Å². The van der Waals surface area contributed by atoms with E-state index in [1.54, 1.807) is 45.2 Å². The van der Waals surface area contributed by atoms with E-state index in [0.717, 1.165) is 0 Å². The summed E-state index contributed by atoms with van der Waals surface area (Å²) in [7, 11) is 1.61. The van der Waals surface area contributed by atoms with Gasteiger partial charge in [0.25, 0.3) is 0 Å². The monoisotopic (exact) mass is 346 g/mol. The third kappa shape index (κ3) is 3.78. The van der Waals surface area contributed by atoms with Gasteiger partial charge >= 0.3 is 11.7 Å². The normalized spacial score (nSPS) is 11.3. The Hall–Kier alpha value is -2.90. The Morgan fingerprint density at radius 1 is 1.20 bits per heavy atom. The summed E-state index contributed by atoms with van der Waals surface area (Å²) in [5.74, 6) is -1.31. The molecule has 1 aromatic carbocycles. The number of carbonyl (C=O) groups is 2. The van der Waals surface area contributed by atoms with Crippen molar-refractivity contribution in [2.24, 2.45) is 12.5 Å². The summed E-state index contributed by atoms with van der Waals surface area (Å²) in [6, 6.07) is 6.62. The Morgan fingerprint density at radius 3 is 2.24 bits per heavy atom. The number of rotatable bonds is 7. The van der Waals surface area contributed by atoms with Crippen molar-refractivity contribution in [3.05, 3.63) is 41.1 Å². The number of carboxylic acid groups (broad SMARTS) is 1. The van der Waals surface area contributed by atoms with Gasteiger partial charge in [0.15, 0.2) is 0 Å². The number of aliphatic carboxylic acids is 1. The molecule has 8 heteroatoms. The van der Waals surface area contributed by atoms with Crippen LogP contribution in [0, 0.1) is 5.41 Å². The van der Waals surface area contributed by atoms with Crippen molar-refractivity contribution in [2.75, 3.05) is 5.32 Å². The fraction of sp³-hybridized carbons (Fsp3) is 0.412. The van der Waals surface area contributed by atoms with Gasteiger partial charge in [-0.05, 0) is 37.1 Å². The number of carbonyl (C=O) groups excluding carboxylic acids is 1. The smallest absolute Gasteiger partial charge is 0.350 e. The van der Waals surface area contributed by atoms with Crippen LogP contribution in [0.25, 0.3) is 5.69 Å². The van der Waals surface area contributed by atoms with Gasteiger partial charge in [-0.2, -0.15) is 9.78 Å². The largest absolute Gasteiger partial charge is 0.481 e. The first-order valence-electron chi connectivity index (χ1n) is 8.07. The predicted molar refractivity (Wildman–Crippen MR) is 92.7 cm³/mol. The van der Waals surface area contributed by atoms with Gasteiger partial charge in [-0.15, -0.1) is 0 Å². The quantitative estimate of drug-likeness (QED) is 0.795. The van der Waals surface area contributed by atoms with Crippen LogP contribution in [0.2, 0.25) is 0 Å². The lowest BCUT2D eigenvalue weighted by atomic mass is 9.79. The highest BCUT2D eigenvalue weighted by Gasteiger charge is 2.37. The Balaban J connectivity index is 2.11. The number of nitrogens with zero attached hydrogens (tertiary/aromatic N) is 3. The summed E-state index contributed by atoms with van der Waals surface area (Å²) < 4.78 is 2.60. The fourth-order valence-corrected chi connectivity index (χ4v) is 2.63. The van der Waals surface area contributed by atoms with Crippen LogP contribution < -0.4 is 11.0 Å². The molecule has 0 spiro atoms. The second-order valence-corrected chi connectivity index (χ2v) is 6.00. The first-order valence-corrected chi connectivity index (χ1v) is 8.07. The molecule has 134 valence electrons. The van der Waals surface area contributed by atoms with Gasteiger partial charge in [0, 0.05) is 19.2 Å². The van der Waals surface area contributed by atoms with Crippen molar-refractivity contribution in [3.63, 3.8) is 0 Å². The van der Waals surface area contributed by atoms with Crippen LogP contribution in [0.5, 0.6) is 0 Å². The summed E-state index contributed by atoms with van der Waals surface area (Å²) in [5.41, 5.74) is -0.214. The highest BCUT2D eigenvalue weighted by atomic mass is 16.4. The molecule has 0 saturated carbocycles. The number of hydrogen-bond donors (Lipinski definition) is 2. The van der Waals surface area contributed by atoms with Crippen molar-refractivity contribution >= 4 is 17.6 Å². The first kappa shape index (κ1) is 18.4. The lowest BCUT2D eigenvalue weighted by molar-refractivity contribution is -0.151. The van der Waals surface area contributed by atoms with Crippen molar-refractivity contribution in [1.82, 2.24) is 14.3 Å². The number of hydrogen-bond acceptors (Lipinski definition) is 4. The standard InChI is InChI=1S/C17H22N4O4/c1-4-17(5-2,15(23)24)10-14(22)19-12-6-8-13(9-7-12)21-16(25)20(3)11-18-21/h6-9,11H,4-5,10H2,1-3H3,(H,19,22)(H,23,24). The maximum Gasteiger partial charge on any atom is 0.350 e. The van der Waals surface area contributed by atoms with E-state index in [0.29, 0.717) is 24.2 Å². The molecule has 0 unspecified atom stereocenters. The molecule has 0 aliphatic rings. The van der Waals surface area contributed by atoms with Crippen LogP contribution in [0.1, 0.15) is 33.1 Å². The van der Waals surface area contributed by atoms with Crippen molar-refractivity contribution in [2.45, 2.75) is 33.1 Å². The average molecular weight is 346 g/mol. The van der Waals surface area contributed by atoms with Crippen LogP contribution in [0.15, 0.2) is 35.4 Å². The molecule has 0 atom stereocenters. The third-order valence-corrected chi connectivity index (χ3v) is 4.53. The van der Waals surface area contributed by atoms with E-state index in [1.807, 2.05) is 0 Å². The van der Waals surface area contributed by atoms with Crippen molar-refractivity contribution in [3.8, 4) is 5.69 Å². The highest BCUT2D eigenvalue weighted by Crippen LogP contribution is 2.31. The summed E-state index contributed by atoms with van der Waals surface area (Å²) in [4.78, 5) is 35.6. The predicted octanol–water partition coefficient (Wildman–Crippen LogP) is 1.79. The van der Waals surface area contributed by atoms with E-state index in [2.05, 4.69) is 10.4 Å². The zero-order chi connectivity index (χ0) is 18.6. The molecule has 0 aliphatic carbocycles. The number of nitrogens with one attached hydrogen (secondary N) is 1. The molecule has 25 heavy (non-hydrogen) atoms. The molecule has 0 aliphatic heterocycles. The molecule has 0 bridgehead atoms. The van der Waals surface area contributed by atoms with E-state index in [9.17, 15) is 19.5 Å². The van der Waals surface area contributed by atoms with Gasteiger partial charge in [-0.3, -0.25) is 14.2 Å². The lowest BCUT2D eigenvalue weighted by Gasteiger charge is -2.25. The molecule has 2 N–H and O–H groups in total. The molecule has 0 radical (unpaired) electrons. The van der Waals surface area contributed by atoms with Gasteiger partial charge in [0.05, 0.1) is 11.1 Å². The molecule has 8 nitrogen and oxygen atoms in total. The maximum absolute atomic E-state index is 12.2. The van der Waals surface area contributed by atoms with Crippen molar-refractivity contribution < 1.29 is 14.7 Å². The minimum Gasteiger partial charge on any atom is -0.481 e. The molecule has 1 aromatic heterocycles. The van der Waals surface area contributed by atoms with Gasteiger partial charge < -0.3 is 10.4 Å². The van der Waals surface area contributed by atoms with Crippen LogP contribution in [-0.4, -0.2) is 31.3 Å². The van der Waals surface area contributed by atoms with E-state index in [-0.39, 0.29) is 18.0 Å². The Kier molecular flexibility index (Phi) is 5.41. The Bertz CT molecular complexity index is 816. The van der Waals surface area contributed by atoms with Crippen LogP contribution >= 0.6 is 0 Å². The number of carboxylic acids is 1. The zero-order valence-electron chi connectivity index (χ0n) is 14.5. The molecule has 2 rings (SSSR count). The molecular weight excluding hydrogens is 324 g/mol. The van der Waals surface area contributed by atoms with Gasteiger partial charge in [-0.25, -0.2) is 4.79 Å². The van der Waals surface area contributed by atoms with Gasteiger partial charge in [-0.1, -0.05) is 13.8 Å². The SMILES string of the molecule is CCC(CC)(CC(=O)Nc1ccc(-n2ncn(C)c2=O)cc1)C(=O)O. The van der Waals surface area contributed by atoms with E-state index in [1.165, 1.54) is 15.6 Å². The summed E-state index contributed by atoms with van der Waals surface area (Å²) in [6.07, 6.45) is 2.09. The summed E-state index contributed by atoms with van der Waals surface area (Å²) >= 11 is 0. The highest BCUT2D eigenvalue weighted by molar-refractivity contribution is 5.94. The Labute approximate surface area is 145 Å². The minimum absolute atomic E-state index is 0.0865. The molecule has 2 aromatic rings. The van der Waals surface area contributed by atoms with Crippen molar-refractivity contribution in [1.29, 1.82) is 0 Å². The topological polar surface area (TPSA) is 106 Å². The average Bonchev–Trinajstić information content (AvgIpc) is 2.92. The fourth-order valence-electron chi connectivity index (χ4n) is 2.63. The van der Waals surface area contributed by atoms with Crippen LogP contribution in [0.3, 0.4) is 0 Å². The van der Waals surface area contributed by atoms with Crippen LogP contribution in [0.4, 0.5) is 5.69 Å². The molecule has 1 heterocycles. The lowest BCUT2D eigenvalue weighted by Crippen LogP contribution is -2.34. The second kappa shape index (κ2) is 7.33. The summed E-state index contributed by atoms with van der Waals surface area (Å²) in [5, 5.41) is 16.1. The molecule has 0 saturated heterocycles. The van der Waals surface area contributed by atoms with E-state index in [4.69, 9.17) is 0 Å². The third-order valence-electron chi connectivity index (χ3n) is 4.53. The van der Waals surface area contributed by atoms with Crippen LogP contribution in [-0.2, 0) is 16.6 Å². The molecule has 1 amide bonds. The Morgan fingerprint density at radius 2 is 1.80 bits per heavy atom. The maximum atomic E-state index is 12.2. The number of benzene rings is 1. The number of aromatic nitrogens is 3. The number of anilines is 1. The molecule has 0 fully saturated rings. The van der Waals surface area contributed by atoms with Gasteiger partial charge in [0.1, 0.15) is 6.33 Å². The van der Waals surface area contributed by atoms with E-state index >= 15 is 0 Å². The first-order chi connectivity index (χ1) is 11.8. The second-order valence-electron chi connectivity index (χ2n) is 6.00. The number of aryl methyl sites for hydroxylation is 1. The number of amides is 1. The van der Waals surface area contributed by atoms with Gasteiger partial charge in [0.2, 0.25) is 5.91 Å². The summed E-state index contributed by atoms with van der Waals surface area (Å²) in [6.45, 7) is 3.54.